The van der Waals surface area contributed by atoms with Gasteiger partial charge in [0, 0.05) is 0 Å². The minimum absolute atomic E-state index is 0.0931. The number of unbranched alkanes of at least 4 members (excludes halogenated alkanes) is 2. The lowest BCUT2D eigenvalue weighted by atomic mass is 9.90. The van der Waals surface area contributed by atoms with E-state index < -0.39 is 0 Å². The zero-order valence-electron chi connectivity index (χ0n) is 12.9. The van der Waals surface area contributed by atoms with Crippen molar-refractivity contribution in [2.45, 2.75) is 51.1 Å². The highest BCUT2D eigenvalue weighted by molar-refractivity contribution is 4.84. The van der Waals surface area contributed by atoms with Gasteiger partial charge in [0.05, 0.1) is 31.8 Å². The van der Waals surface area contributed by atoms with Gasteiger partial charge in [-0.15, -0.1) is 0 Å². The Morgan fingerprint density at radius 2 is 1.05 bits per heavy atom. The first kappa shape index (κ1) is 17.1. The van der Waals surface area contributed by atoms with Gasteiger partial charge in [-0.25, -0.2) is 0 Å². The van der Waals surface area contributed by atoms with E-state index in [4.69, 9.17) is 30.4 Å². The van der Waals surface area contributed by atoms with Crippen LogP contribution in [0.3, 0.4) is 0 Å². The summed E-state index contributed by atoms with van der Waals surface area (Å²) >= 11 is 0. The van der Waals surface area contributed by atoms with Gasteiger partial charge in [-0.1, -0.05) is 0 Å². The predicted octanol–water partition coefficient (Wildman–Crippen LogP) is 0.977. The summed E-state index contributed by atoms with van der Waals surface area (Å²) in [5.41, 5.74) is 10.9. The van der Waals surface area contributed by atoms with Crippen LogP contribution in [-0.2, 0) is 18.9 Å². The Balaban J connectivity index is 1.63. The Morgan fingerprint density at radius 3 is 1.38 bits per heavy atom. The van der Waals surface area contributed by atoms with E-state index in [1.165, 1.54) is 0 Å². The van der Waals surface area contributed by atoms with E-state index in [2.05, 4.69) is 0 Å². The average molecular weight is 302 g/mol. The lowest BCUT2D eigenvalue weighted by molar-refractivity contribution is -0.304. The third-order valence-corrected chi connectivity index (χ3v) is 4.09. The first-order chi connectivity index (χ1) is 10.3. The second-order valence-corrected chi connectivity index (χ2v) is 6.17. The van der Waals surface area contributed by atoms with Crippen molar-refractivity contribution < 1.29 is 18.9 Å². The fourth-order valence-corrected chi connectivity index (χ4v) is 2.67. The molecule has 6 heteroatoms. The van der Waals surface area contributed by atoms with E-state index in [1.807, 2.05) is 0 Å². The van der Waals surface area contributed by atoms with Gasteiger partial charge in [0.15, 0.2) is 12.6 Å². The molecule has 2 saturated heterocycles. The van der Waals surface area contributed by atoms with E-state index >= 15 is 0 Å². The van der Waals surface area contributed by atoms with Crippen LogP contribution in [0.1, 0.15) is 38.5 Å². The molecule has 2 aliphatic rings. The van der Waals surface area contributed by atoms with Crippen LogP contribution in [0.4, 0.5) is 0 Å². The number of rotatable bonds is 8. The standard InChI is InChI=1S/C15H30N2O4/c16-7-3-1-5-13-18-9-15(10-19-13)11-20-14(21-12-15)6-2-4-8-17/h13-14H,1-12,16-17H2. The molecule has 2 aliphatic heterocycles. The molecule has 2 fully saturated rings. The summed E-state index contributed by atoms with van der Waals surface area (Å²) in [6, 6.07) is 0. The number of nitrogens with two attached hydrogens (primary N) is 2. The van der Waals surface area contributed by atoms with Gasteiger partial charge in [0.1, 0.15) is 0 Å². The van der Waals surface area contributed by atoms with Gasteiger partial charge in [0.25, 0.3) is 0 Å². The lowest BCUT2D eigenvalue weighted by Crippen LogP contribution is -2.52. The fraction of sp³-hybridized carbons (Fsp3) is 1.00. The maximum atomic E-state index is 5.81. The van der Waals surface area contributed by atoms with Crippen LogP contribution in [-0.4, -0.2) is 52.1 Å². The van der Waals surface area contributed by atoms with E-state index in [0.717, 1.165) is 51.6 Å². The Morgan fingerprint density at radius 1 is 0.667 bits per heavy atom. The Kier molecular flexibility index (Phi) is 7.36. The van der Waals surface area contributed by atoms with Crippen LogP contribution in [0.2, 0.25) is 0 Å². The van der Waals surface area contributed by atoms with Crippen molar-refractivity contribution in [2.75, 3.05) is 39.5 Å². The summed E-state index contributed by atoms with van der Waals surface area (Å²) in [5, 5.41) is 0. The van der Waals surface area contributed by atoms with Gasteiger partial charge in [0.2, 0.25) is 0 Å². The summed E-state index contributed by atoms with van der Waals surface area (Å²) in [5.74, 6) is 0. The highest BCUT2D eigenvalue weighted by atomic mass is 16.7. The van der Waals surface area contributed by atoms with Crippen molar-refractivity contribution in [3.63, 3.8) is 0 Å². The molecule has 2 heterocycles. The van der Waals surface area contributed by atoms with Crippen LogP contribution in [0.25, 0.3) is 0 Å². The molecule has 4 N–H and O–H groups in total. The van der Waals surface area contributed by atoms with E-state index in [-0.39, 0.29) is 18.0 Å². The SMILES string of the molecule is NCCCCC1OCC2(CO1)COC(CCCCN)OC2. The van der Waals surface area contributed by atoms with Gasteiger partial charge in [-0.2, -0.15) is 0 Å². The zero-order chi connectivity index (χ0) is 15.0. The first-order valence-corrected chi connectivity index (χ1v) is 8.14. The minimum Gasteiger partial charge on any atom is -0.352 e. The van der Waals surface area contributed by atoms with E-state index in [0.29, 0.717) is 26.4 Å². The smallest absolute Gasteiger partial charge is 0.157 e. The van der Waals surface area contributed by atoms with E-state index in [9.17, 15) is 0 Å². The third-order valence-electron chi connectivity index (χ3n) is 4.09. The molecule has 0 amide bonds. The first-order valence-electron chi connectivity index (χ1n) is 8.14. The quantitative estimate of drug-likeness (QED) is 0.650. The monoisotopic (exact) mass is 302 g/mol. The van der Waals surface area contributed by atoms with Crippen molar-refractivity contribution in [1.29, 1.82) is 0 Å². The molecule has 1 spiro atoms. The van der Waals surface area contributed by atoms with E-state index in [1.54, 1.807) is 0 Å². The second kappa shape index (κ2) is 9.02. The number of ether oxygens (including phenoxy) is 4. The van der Waals surface area contributed by atoms with Crippen LogP contribution in [0, 0.1) is 5.41 Å². The summed E-state index contributed by atoms with van der Waals surface area (Å²) in [6.07, 6.45) is 5.77. The van der Waals surface area contributed by atoms with Gasteiger partial charge in [-0.05, 0) is 51.6 Å². The summed E-state index contributed by atoms with van der Waals surface area (Å²) < 4.78 is 23.2. The van der Waals surface area contributed by atoms with Crippen molar-refractivity contribution >= 4 is 0 Å². The predicted molar refractivity (Wildman–Crippen MR) is 79.6 cm³/mol. The molecule has 0 unspecified atom stereocenters. The fourth-order valence-electron chi connectivity index (χ4n) is 2.67. The van der Waals surface area contributed by atoms with Gasteiger partial charge >= 0.3 is 0 Å². The molecule has 0 aromatic carbocycles. The number of hydrogen-bond acceptors (Lipinski definition) is 6. The zero-order valence-corrected chi connectivity index (χ0v) is 12.9. The summed E-state index contributed by atoms with van der Waals surface area (Å²) in [6.45, 7) is 4.05. The van der Waals surface area contributed by atoms with Crippen molar-refractivity contribution in [3.05, 3.63) is 0 Å². The van der Waals surface area contributed by atoms with Crippen LogP contribution in [0.5, 0.6) is 0 Å². The molecular formula is C15H30N2O4. The Hall–Kier alpha value is -0.240. The highest BCUT2D eigenvalue weighted by Crippen LogP contribution is 2.32. The molecule has 6 nitrogen and oxygen atoms in total. The molecule has 0 aromatic rings. The molecule has 0 radical (unpaired) electrons. The van der Waals surface area contributed by atoms with Crippen LogP contribution < -0.4 is 11.5 Å². The minimum atomic E-state index is -0.130. The Labute approximate surface area is 127 Å². The summed E-state index contributed by atoms with van der Waals surface area (Å²) in [4.78, 5) is 0. The largest absolute Gasteiger partial charge is 0.352 e. The molecule has 0 bridgehead atoms. The molecular weight excluding hydrogens is 272 g/mol. The second-order valence-electron chi connectivity index (χ2n) is 6.17. The number of hydrogen-bond donors (Lipinski definition) is 2. The van der Waals surface area contributed by atoms with Gasteiger partial charge < -0.3 is 30.4 Å². The molecule has 21 heavy (non-hydrogen) atoms. The molecule has 124 valence electrons. The lowest BCUT2D eigenvalue weighted by Gasteiger charge is -2.43. The van der Waals surface area contributed by atoms with Crippen molar-refractivity contribution in [1.82, 2.24) is 0 Å². The molecule has 0 aromatic heterocycles. The molecule has 0 saturated carbocycles. The molecule has 0 atom stereocenters. The average Bonchev–Trinajstić information content (AvgIpc) is 2.52. The van der Waals surface area contributed by atoms with Crippen molar-refractivity contribution in [3.8, 4) is 0 Å². The topological polar surface area (TPSA) is 89.0 Å². The normalized spacial score (nSPS) is 33.4. The molecule has 0 aliphatic carbocycles. The van der Waals surface area contributed by atoms with Crippen LogP contribution >= 0.6 is 0 Å². The highest BCUT2D eigenvalue weighted by Gasteiger charge is 2.41. The maximum Gasteiger partial charge on any atom is 0.157 e. The maximum absolute atomic E-state index is 5.81. The summed E-state index contributed by atoms with van der Waals surface area (Å²) in [7, 11) is 0. The van der Waals surface area contributed by atoms with Crippen LogP contribution in [0.15, 0.2) is 0 Å². The van der Waals surface area contributed by atoms with Gasteiger partial charge in [-0.3, -0.25) is 0 Å². The third kappa shape index (κ3) is 5.47. The Bertz CT molecular complexity index is 243. The van der Waals surface area contributed by atoms with Crippen molar-refractivity contribution in [2.24, 2.45) is 16.9 Å². The molecule has 2 rings (SSSR count).